The molecule has 0 aliphatic heterocycles. The van der Waals surface area contributed by atoms with Crippen LogP contribution in [0.3, 0.4) is 0 Å². The molecule has 0 bridgehead atoms. The summed E-state index contributed by atoms with van der Waals surface area (Å²) in [6.45, 7) is 5.85. The number of benzene rings is 1. The van der Waals surface area contributed by atoms with Crippen molar-refractivity contribution in [1.29, 1.82) is 0 Å². The minimum absolute atomic E-state index is 0.0371. The van der Waals surface area contributed by atoms with Crippen molar-refractivity contribution >= 4 is 17.5 Å². The summed E-state index contributed by atoms with van der Waals surface area (Å²) in [5, 5.41) is 5.35. The summed E-state index contributed by atoms with van der Waals surface area (Å²) in [7, 11) is 1.62. The van der Waals surface area contributed by atoms with Crippen LogP contribution in [0, 0.1) is 5.41 Å². The summed E-state index contributed by atoms with van der Waals surface area (Å²) in [6.07, 6.45) is 0. The quantitative estimate of drug-likeness (QED) is 0.865. The van der Waals surface area contributed by atoms with Gasteiger partial charge in [-0.05, 0) is 17.7 Å². The molecule has 0 saturated carbocycles. The molecule has 0 unspecified atom stereocenters. The number of carbonyl (C=O) groups excluding carboxylic acids is 2. The van der Waals surface area contributed by atoms with Gasteiger partial charge in [-0.15, -0.1) is 0 Å². The van der Waals surface area contributed by atoms with Gasteiger partial charge in [0.05, 0.1) is 13.2 Å². The van der Waals surface area contributed by atoms with Crippen LogP contribution in [0.5, 0.6) is 0 Å². The monoisotopic (exact) mass is 278 g/mol. The van der Waals surface area contributed by atoms with E-state index in [2.05, 4.69) is 10.6 Å². The summed E-state index contributed by atoms with van der Waals surface area (Å²) in [4.78, 5) is 23.4. The summed E-state index contributed by atoms with van der Waals surface area (Å²) in [5.74, 6) is -0.405. The SMILES string of the molecule is COCc1cccc(NC(=O)CNC(=O)C(C)(C)C)c1. The van der Waals surface area contributed by atoms with E-state index in [1.807, 2.05) is 18.2 Å². The molecular weight excluding hydrogens is 256 g/mol. The molecule has 0 aliphatic rings. The van der Waals surface area contributed by atoms with E-state index in [0.717, 1.165) is 5.56 Å². The van der Waals surface area contributed by atoms with E-state index in [0.29, 0.717) is 12.3 Å². The largest absolute Gasteiger partial charge is 0.380 e. The molecule has 0 saturated heterocycles. The number of nitrogens with one attached hydrogen (secondary N) is 2. The first-order valence-corrected chi connectivity index (χ1v) is 6.49. The van der Waals surface area contributed by atoms with Gasteiger partial charge >= 0.3 is 0 Å². The number of amides is 2. The maximum Gasteiger partial charge on any atom is 0.243 e. The standard InChI is InChI=1S/C15H22N2O3/c1-15(2,3)14(19)16-9-13(18)17-12-7-5-6-11(8-12)10-20-4/h5-8H,9-10H2,1-4H3,(H,16,19)(H,17,18). The van der Waals surface area contributed by atoms with Gasteiger partial charge in [-0.3, -0.25) is 9.59 Å². The highest BCUT2D eigenvalue weighted by Crippen LogP contribution is 2.13. The van der Waals surface area contributed by atoms with Gasteiger partial charge in [0, 0.05) is 18.2 Å². The van der Waals surface area contributed by atoms with E-state index in [-0.39, 0.29) is 18.4 Å². The van der Waals surface area contributed by atoms with Crippen LogP contribution in [0.15, 0.2) is 24.3 Å². The van der Waals surface area contributed by atoms with Gasteiger partial charge in [-0.2, -0.15) is 0 Å². The summed E-state index contributed by atoms with van der Waals surface area (Å²) in [5.41, 5.74) is 1.16. The van der Waals surface area contributed by atoms with E-state index in [4.69, 9.17) is 4.74 Å². The molecule has 0 fully saturated rings. The lowest BCUT2D eigenvalue weighted by Gasteiger charge is -2.17. The van der Waals surface area contributed by atoms with Gasteiger partial charge in [0.2, 0.25) is 11.8 Å². The zero-order valence-electron chi connectivity index (χ0n) is 12.4. The van der Waals surface area contributed by atoms with Crippen LogP contribution in [0.2, 0.25) is 0 Å². The molecule has 110 valence electrons. The average molecular weight is 278 g/mol. The number of hydrogen-bond donors (Lipinski definition) is 2. The molecule has 0 heterocycles. The first-order chi connectivity index (χ1) is 9.32. The van der Waals surface area contributed by atoms with Gasteiger partial charge in [0.15, 0.2) is 0 Å². The Kier molecular flexibility index (Phi) is 5.70. The Hall–Kier alpha value is -1.88. The number of hydrogen-bond acceptors (Lipinski definition) is 3. The van der Waals surface area contributed by atoms with Gasteiger partial charge < -0.3 is 15.4 Å². The second-order valence-electron chi connectivity index (χ2n) is 5.61. The molecule has 0 atom stereocenters. The average Bonchev–Trinajstić information content (AvgIpc) is 2.35. The zero-order chi connectivity index (χ0) is 15.2. The number of anilines is 1. The number of ether oxygens (including phenoxy) is 1. The van der Waals surface area contributed by atoms with Crippen LogP contribution in [0.25, 0.3) is 0 Å². The predicted molar refractivity (Wildman–Crippen MR) is 78.2 cm³/mol. The molecular formula is C15H22N2O3. The van der Waals surface area contributed by atoms with Crippen molar-refractivity contribution in [3.63, 3.8) is 0 Å². The van der Waals surface area contributed by atoms with Crippen molar-refractivity contribution in [2.45, 2.75) is 27.4 Å². The molecule has 2 N–H and O–H groups in total. The summed E-state index contributed by atoms with van der Waals surface area (Å²) < 4.78 is 5.03. The molecule has 1 rings (SSSR count). The van der Waals surface area contributed by atoms with Gasteiger partial charge in [0.25, 0.3) is 0 Å². The van der Waals surface area contributed by atoms with Crippen molar-refractivity contribution in [3.8, 4) is 0 Å². The van der Waals surface area contributed by atoms with Gasteiger partial charge in [0.1, 0.15) is 0 Å². The molecule has 0 spiro atoms. The fourth-order valence-corrected chi connectivity index (χ4v) is 1.54. The van der Waals surface area contributed by atoms with E-state index < -0.39 is 5.41 Å². The highest BCUT2D eigenvalue weighted by atomic mass is 16.5. The lowest BCUT2D eigenvalue weighted by Crippen LogP contribution is -2.39. The van der Waals surface area contributed by atoms with E-state index >= 15 is 0 Å². The van der Waals surface area contributed by atoms with Crippen LogP contribution >= 0.6 is 0 Å². The van der Waals surface area contributed by atoms with Crippen molar-refractivity contribution in [3.05, 3.63) is 29.8 Å². The molecule has 5 heteroatoms. The van der Waals surface area contributed by atoms with Crippen molar-refractivity contribution < 1.29 is 14.3 Å². The highest BCUT2D eigenvalue weighted by Gasteiger charge is 2.21. The van der Waals surface area contributed by atoms with Crippen molar-refractivity contribution in [2.75, 3.05) is 19.0 Å². The Morgan fingerprint density at radius 3 is 2.55 bits per heavy atom. The summed E-state index contributed by atoms with van der Waals surface area (Å²) in [6, 6.07) is 7.40. The maximum atomic E-state index is 11.8. The smallest absolute Gasteiger partial charge is 0.243 e. The third-order valence-electron chi connectivity index (χ3n) is 2.61. The second kappa shape index (κ2) is 7.05. The van der Waals surface area contributed by atoms with Crippen molar-refractivity contribution in [2.24, 2.45) is 5.41 Å². The number of rotatable bonds is 5. The fraction of sp³-hybridized carbons (Fsp3) is 0.467. The Morgan fingerprint density at radius 1 is 1.25 bits per heavy atom. The maximum absolute atomic E-state index is 11.8. The lowest BCUT2D eigenvalue weighted by atomic mass is 9.96. The third-order valence-corrected chi connectivity index (χ3v) is 2.61. The van der Waals surface area contributed by atoms with Gasteiger partial charge in [-0.25, -0.2) is 0 Å². The fourth-order valence-electron chi connectivity index (χ4n) is 1.54. The summed E-state index contributed by atoms with van der Waals surface area (Å²) >= 11 is 0. The normalized spacial score (nSPS) is 11.0. The Bertz CT molecular complexity index is 478. The minimum atomic E-state index is -0.501. The van der Waals surface area contributed by atoms with Crippen LogP contribution in [0.1, 0.15) is 26.3 Å². The van der Waals surface area contributed by atoms with E-state index in [1.165, 1.54) is 0 Å². The van der Waals surface area contributed by atoms with Crippen LogP contribution in [0.4, 0.5) is 5.69 Å². The first-order valence-electron chi connectivity index (χ1n) is 6.49. The van der Waals surface area contributed by atoms with Gasteiger partial charge in [-0.1, -0.05) is 32.9 Å². The van der Waals surface area contributed by atoms with Crippen LogP contribution in [-0.4, -0.2) is 25.5 Å². The predicted octanol–water partition coefficient (Wildman–Crippen LogP) is 1.93. The molecule has 1 aromatic rings. The topological polar surface area (TPSA) is 67.4 Å². The minimum Gasteiger partial charge on any atom is -0.380 e. The molecule has 0 aliphatic carbocycles. The van der Waals surface area contributed by atoms with E-state index in [9.17, 15) is 9.59 Å². The molecule has 1 aromatic carbocycles. The number of methoxy groups -OCH3 is 1. The van der Waals surface area contributed by atoms with Crippen LogP contribution < -0.4 is 10.6 Å². The number of carbonyl (C=O) groups is 2. The molecule has 0 radical (unpaired) electrons. The molecule has 2 amide bonds. The first kappa shape index (κ1) is 16.2. The zero-order valence-corrected chi connectivity index (χ0v) is 12.4. The highest BCUT2D eigenvalue weighted by molar-refractivity contribution is 5.95. The third kappa shape index (κ3) is 5.40. The molecule has 0 aromatic heterocycles. The van der Waals surface area contributed by atoms with E-state index in [1.54, 1.807) is 33.9 Å². The lowest BCUT2D eigenvalue weighted by molar-refractivity contribution is -0.130. The van der Waals surface area contributed by atoms with Crippen molar-refractivity contribution in [1.82, 2.24) is 5.32 Å². The second-order valence-corrected chi connectivity index (χ2v) is 5.61. The Labute approximate surface area is 119 Å². The molecule has 5 nitrogen and oxygen atoms in total. The Morgan fingerprint density at radius 2 is 1.95 bits per heavy atom. The Balaban J connectivity index is 2.50. The van der Waals surface area contributed by atoms with Crippen LogP contribution in [-0.2, 0) is 20.9 Å². The molecule has 20 heavy (non-hydrogen) atoms.